The van der Waals surface area contributed by atoms with Crippen LogP contribution in [0.2, 0.25) is 5.02 Å². The van der Waals surface area contributed by atoms with Crippen LogP contribution < -0.4 is 11.1 Å². The predicted molar refractivity (Wildman–Crippen MR) is 78.7 cm³/mol. The molecule has 0 saturated heterocycles. The molecule has 0 spiro atoms. The van der Waals surface area contributed by atoms with E-state index in [1.54, 1.807) is 30.3 Å². The van der Waals surface area contributed by atoms with Crippen molar-refractivity contribution in [1.29, 1.82) is 0 Å². The third-order valence-corrected chi connectivity index (χ3v) is 3.29. The van der Waals surface area contributed by atoms with Crippen LogP contribution in [0.25, 0.3) is 0 Å². The highest BCUT2D eigenvalue weighted by atomic mass is 35.5. The highest BCUT2D eigenvalue weighted by Crippen LogP contribution is 2.22. The summed E-state index contributed by atoms with van der Waals surface area (Å²) in [6.45, 7) is 0.434. The molecule has 21 heavy (non-hydrogen) atoms. The molecule has 0 radical (unpaired) electrons. The molecular formula is C15H13ClF2N2O. The van der Waals surface area contributed by atoms with Crippen molar-refractivity contribution in [3.05, 3.63) is 64.2 Å². The topological polar surface area (TPSA) is 55.1 Å². The van der Waals surface area contributed by atoms with Gasteiger partial charge in [0.25, 0.3) is 6.43 Å². The maximum atomic E-state index is 12.4. The number of nitrogens with one attached hydrogen (secondary N) is 1. The highest BCUT2D eigenvalue weighted by Gasteiger charge is 2.08. The number of carbonyl (C=O) groups is 1. The quantitative estimate of drug-likeness (QED) is 0.877. The molecule has 0 heterocycles. The molecule has 0 bridgehead atoms. The molecule has 2 aromatic rings. The lowest BCUT2D eigenvalue weighted by Gasteiger charge is -2.09. The monoisotopic (exact) mass is 310 g/mol. The van der Waals surface area contributed by atoms with Crippen LogP contribution in [0.3, 0.4) is 0 Å². The fourth-order valence-corrected chi connectivity index (χ4v) is 2.02. The number of rotatable bonds is 5. The molecule has 0 atom stereocenters. The minimum Gasteiger partial charge on any atom is -0.381 e. The number of benzene rings is 2. The van der Waals surface area contributed by atoms with E-state index in [9.17, 15) is 13.6 Å². The van der Waals surface area contributed by atoms with Crippen molar-refractivity contribution in [2.75, 3.05) is 5.32 Å². The van der Waals surface area contributed by atoms with Gasteiger partial charge >= 0.3 is 0 Å². The number of amides is 1. The number of hydrogen-bond acceptors (Lipinski definition) is 2. The number of halogens is 3. The molecule has 0 fully saturated rings. The maximum Gasteiger partial charge on any atom is 0.263 e. The maximum absolute atomic E-state index is 12.4. The zero-order valence-electron chi connectivity index (χ0n) is 10.9. The highest BCUT2D eigenvalue weighted by molar-refractivity contribution is 6.33. The van der Waals surface area contributed by atoms with E-state index >= 15 is 0 Å². The van der Waals surface area contributed by atoms with Gasteiger partial charge in [0.15, 0.2) is 0 Å². The van der Waals surface area contributed by atoms with Gasteiger partial charge < -0.3 is 11.1 Å². The lowest BCUT2D eigenvalue weighted by atomic mass is 10.1. The van der Waals surface area contributed by atoms with Gasteiger partial charge in [-0.2, -0.15) is 0 Å². The second-order valence-electron chi connectivity index (χ2n) is 4.45. The van der Waals surface area contributed by atoms with Crippen molar-refractivity contribution < 1.29 is 13.6 Å². The predicted octanol–water partition coefficient (Wildman–Crippen LogP) is 3.99. The number of carbonyl (C=O) groups excluding carboxylic acids is 1. The molecule has 6 heteroatoms. The molecule has 3 N–H and O–H groups in total. The normalized spacial score (nSPS) is 10.7. The van der Waals surface area contributed by atoms with E-state index in [0.29, 0.717) is 12.2 Å². The van der Waals surface area contributed by atoms with Gasteiger partial charge in [-0.3, -0.25) is 4.79 Å². The van der Waals surface area contributed by atoms with Crippen molar-refractivity contribution in [2.24, 2.45) is 5.73 Å². The molecule has 2 rings (SSSR count). The summed E-state index contributed by atoms with van der Waals surface area (Å²) in [6, 6.07) is 10.9. The van der Waals surface area contributed by atoms with Crippen molar-refractivity contribution in [1.82, 2.24) is 0 Å². The van der Waals surface area contributed by atoms with Gasteiger partial charge in [-0.05, 0) is 23.8 Å². The average molecular weight is 311 g/mol. The van der Waals surface area contributed by atoms with Crippen molar-refractivity contribution >= 4 is 23.2 Å². The molecular weight excluding hydrogens is 298 g/mol. The first kappa shape index (κ1) is 15.3. The van der Waals surface area contributed by atoms with Crippen molar-refractivity contribution in [3.63, 3.8) is 0 Å². The van der Waals surface area contributed by atoms with Crippen molar-refractivity contribution in [3.8, 4) is 0 Å². The SMILES string of the molecule is NC(=O)c1cc(NCc2ccc(C(F)F)cc2)ccc1Cl. The zero-order chi connectivity index (χ0) is 15.4. The molecule has 0 aliphatic rings. The lowest BCUT2D eigenvalue weighted by Crippen LogP contribution is -2.12. The van der Waals surface area contributed by atoms with E-state index in [1.165, 1.54) is 12.1 Å². The van der Waals surface area contributed by atoms with Crippen LogP contribution in [-0.4, -0.2) is 5.91 Å². The first-order chi connectivity index (χ1) is 9.97. The zero-order valence-corrected chi connectivity index (χ0v) is 11.7. The Morgan fingerprint density at radius 1 is 1.19 bits per heavy atom. The summed E-state index contributed by atoms with van der Waals surface area (Å²) < 4.78 is 24.9. The van der Waals surface area contributed by atoms with E-state index in [0.717, 1.165) is 5.56 Å². The number of nitrogens with two attached hydrogens (primary N) is 1. The largest absolute Gasteiger partial charge is 0.381 e. The Bertz CT molecular complexity index is 645. The van der Waals surface area contributed by atoms with E-state index < -0.39 is 12.3 Å². The van der Waals surface area contributed by atoms with Crippen LogP contribution in [0.1, 0.15) is 27.9 Å². The third kappa shape index (κ3) is 3.92. The molecule has 0 aliphatic heterocycles. The number of hydrogen-bond donors (Lipinski definition) is 2. The number of anilines is 1. The number of primary amides is 1. The smallest absolute Gasteiger partial charge is 0.263 e. The second kappa shape index (κ2) is 6.54. The lowest BCUT2D eigenvalue weighted by molar-refractivity contribution is 0.100. The van der Waals surface area contributed by atoms with Gasteiger partial charge in [-0.15, -0.1) is 0 Å². The van der Waals surface area contributed by atoms with Crippen LogP contribution in [0.4, 0.5) is 14.5 Å². The van der Waals surface area contributed by atoms with Crippen molar-refractivity contribution in [2.45, 2.75) is 13.0 Å². The van der Waals surface area contributed by atoms with Crippen LogP contribution in [0.15, 0.2) is 42.5 Å². The van der Waals surface area contributed by atoms with E-state index in [-0.39, 0.29) is 16.1 Å². The van der Waals surface area contributed by atoms with Gasteiger partial charge in [0.2, 0.25) is 5.91 Å². The summed E-state index contributed by atoms with van der Waals surface area (Å²) in [4.78, 5) is 11.2. The van der Waals surface area contributed by atoms with Gasteiger partial charge in [-0.25, -0.2) is 8.78 Å². The van der Waals surface area contributed by atoms with Gasteiger partial charge in [0.05, 0.1) is 10.6 Å². The Labute approximate surface area is 125 Å². The minimum absolute atomic E-state index is 0.0127. The van der Waals surface area contributed by atoms with Gasteiger partial charge in [0.1, 0.15) is 0 Å². The minimum atomic E-state index is -2.47. The Morgan fingerprint density at radius 2 is 1.86 bits per heavy atom. The van der Waals surface area contributed by atoms with E-state index in [2.05, 4.69) is 5.32 Å². The molecule has 3 nitrogen and oxygen atoms in total. The van der Waals surface area contributed by atoms with E-state index in [4.69, 9.17) is 17.3 Å². The summed E-state index contributed by atoms with van der Waals surface area (Å²) in [6.07, 6.45) is -2.47. The fraction of sp³-hybridized carbons (Fsp3) is 0.133. The molecule has 0 aliphatic carbocycles. The Kier molecular flexibility index (Phi) is 4.75. The molecule has 110 valence electrons. The Balaban J connectivity index is 2.06. The van der Waals surface area contributed by atoms with Gasteiger partial charge in [0, 0.05) is 17.8 Å². The molecule has 0 saturated carbocycles. The third-order valence-electron chi connectivity index (χ3n) is 2.96. The summed E-state index contributed by atoms with van der Waals surface area (Å²) in [5, 5.41) is 3.36. The Morgan fingerprint density at radius 3 is 2.43 bits per heavy atom. The van der Waals surface area contributed by atoms with Crippen LogP contribution in [-0.2, 0) is 6.54 Å². The fourth-order valence-electron chi connectivity index (χ4n) is 1.81. The summed E-state index contributed by atoms with van der Waals surface area (Å²) in [5.74, 6) is -0.607. The first-order valence-electron chi connectivity index (χ1n) is 6.17. The van der Waals surface area contributed by atoms with Crippen LogP contribution in [0, 0.1) is 0 Å². The average Bonchev–Trinajstić information content (AvgIpc) is 2.46. The van der Waals surface area contributed by atoms with Gasteiger partial charge in [-0.1, -0.05) is 35.9 Å². The molecule has 1 amide bonds. The molecule has 2 aromatic carbocycles. The van der Waals surface area contributed by atoms with Crippen LogP contribution in [0.5, 0.6) is 0 Å². The van der Waals surface area contributed by atoms with Crippen LogP contribution >= 0.6 is 11.6 Å². The molecule has 0 unspecified atom stereocenters. The molecule has 0 aromatic heterocycles. The summed E-state index contributed by atoms with van der Waals surface area (Å²) in [5.41, 5.74) is 6.95. The second-order valence-corrected chi connectivity index (χ2v) is 4.86. The first-order valence-corrected chi connectivity index (χ1v) is 6.55. The standard InChI is InChI=1S/C15H13ClF2N2O/c16-13-6-5-11(7-12(13)15(19)21)20-8-9-1-3-10(4-2-9)14(17)18/h1-7,14,20H,8H2,(H2,19,21). The Hall–Kier alpha value is -2.14. The summed E-state index contributed by atoms with van der Waals surface area (Å²) in [7, 11) is 0. The summed E-state index contributed by atoms with van der Waals surface area (Å²) >= 11 is 5.86. The number of alkyl halides is 2. The van der Waals surface area contributed by atoms with E-state index in [1.807, 2.05) is 0 Å².